The minimum absolute atomic E-state index is 0.186. The Labute approximate surface area is 99.6 Å². The Morgan fingerprint density at radius 2 is 2.29 bits per heavy atom. The van der Waals surface area contributed by atoms with Crippen LogP contribution >= 0.6 is 0 Å². The first-order chi connectivity index (χ1) is 8.27. The zero-order chi connectivity index (χ0) is 12.1. The molecule has 1 saturated heterocycles. The lowest BCUT2D eigenvalue weighted by Gasteiger charge is -2.21. The maximum absolute atomic E-state index is 10.5. The molecule has 1 aliphatic rings. The number of hydrogen-bond donors (Lipinski definition) is 1. The summed E-state index contributed by atoms with van der Waals surface area (Å²) in [6.07, 6.45) is 4.43. The summed E-state index contributed by atoms with van der Waals surface area (Å²) in [5.41, 5.74) is 0. The number of carbonyl (C=O) groups is 1. The number of hydrogen-bond acceptors (Lipinski definition) is 4. The molecule has 17 heavy (non-hydrogen) atoms. The zero-order valence-electron chi connectivity index (χ0n) is 9.71. The number of ether oxygens (including phenoxy) is 1. The van der Waals surface area contributed by atoms with E-state index in [0.29, 0.717) is 18.9 Å². The normalized spacial score (nSPS) is 17.2. The smallest absolute Gasteiger partial charge is 0.303 e. The second-order valence-corrected chi connectivity index (χ2v) is 4.27. The summed E-state index contributed by atoms with van der Waals surface area (Å²) in [5.74, 6) is 0.612. The summed E-state index contributed by atoms with van der Waals surface area (Å²) in [6, 6.07) is 0. The standard InChI is InChI=1S/C11H17N3O3/c15-10(16)2-1-5-14-8-12-13-11(14)9-3-6-17-7-4-9/h8-9H,1-7H2,(H,15,16). The van der Waals surface area contributed by atoms with Gasteiger partial charge in [0.25, 0.3) is 0 Å². The second kappa shape index (κ2) is 5.77. The summed E-state index contributed by atoms with van der Waals surface area (Å²) in [6.45, 7) is 2.21. The first kappa shape index (κ1) is 12.0. The average molecular weight is 239 g/mol. The van der Waals surface area contributed by atoms with E-state index in [1.54, 1.807) is 6.33 Å². The number of carboxylic acids is 1. The van der Waals surface area contributed by atoms with Gasteiger partial charge in [-0.25, -0.2) is 0 Å². The molecule has 0 aliphatic carbocycles. The highest BCUT2D eigenvalue weighted by Crippen LogP contribution is 2.25. The summed E-state index contributed by atoms with van der Waals surface area (Å²) in [4.78, 5) is 10.5. The Hall–Kier alpha value is -1.43. The monoisotopic (exact) mass is 239 g/mol. The van der Waals surface area contributed by atoms with E-state index in [1.165, 1.54) is 0 Å². The topological polar surface area (TPSA) is 77.2 Å². The average Bonchev–Trinajstić information content (AvgIpc) is 2.78. The van der Waals surface area contributed by atoms with Crippen LogP contribution in [0.5, 0.6) is 0 Å². The number of carboxylic acid groups (broad SMARTS) is 1. The number of aryl methyl sites for hydroxylation is 1. The van der Waals surface area contributed by atoms with Crippen molar-refractivity contribution in [3.05, 3.63) is 12.2 Å². The Balaban J connectivity index is 1.93. The Kier molecular flexibility index (Phi) is 4.08. The molecule has 0 radical (unpaired) electrons. The summed E-state index contributed by atoms with van der Waals surface area (Å²) in [5, 5.41) is 16.7. The van der Waals surface area contributed by atoms with E-state index in [4.69, 9.17) is 9.84 Å². The molecule has 6 nitrogen and oxygen atoms in total. The molecule has 1 fully saturated rings. The minimum Gasteiger partial charge on any atom is -0.481 e. The largest absolute Gasteiger partial charge is 0.481 e. The number of aliphatic carboxylic acids is 1. The molecular weight excluding hydrogens is 222 g/mol. The van der Waals surface area contributed by atoms with Crippen molar-refractivity contribution in [1.29, 1.82) is 0 Å². The highest BCUT2D eigenvalue weighted by molar-refractivity contribution is 5.66. The predicted octanol–water partition coefficient (Wildman–Crippen LogP) is 1.04. The SMILES string of the molecule is O=C(O)CCCn1cnnc1C1CCOCC1. The van der Waals surface area contributed by atoms with E-state index in [-0.39, 0.29) is 6.42 Å². The van der Waals surface area contributed by atoms with Crippen molar-refractivity contribution >= 4 is 5.97 Å². The third-order valence-corrected chi connectivity index (χ3v) is 3.02. The van der Waals surface area contributed by atoms with Crippen LogP contribution in [-0.4, -0.2) is 39.1 Å². The van der Waals surface area contributed by atoms with Crippen molar-refractivity contribution in [2.24, 2.45) is 0 Å². The van der Waals surface area contributed by atoms with Crippen molar-refractivity contribution in [3.63, 3.8) is 0 Å². The second-order valence-electron chi connectivity index (χ2n) is 4.27. The van der Waals surface area contributed by atoms with E-state index in [9.17, 15) is 4.79 Å². The molecule has 0 aromatic carbocycles. The Morgan fingerprint density at radius 1 is 1.53 bits per heavy atom. The minimum atomic E-state index is -0.759. The fourth-order valence-corrected chi connectivity index (χ4v) is 2.11. The van der Waals surface area contributed by atoms with E-state index in [2.05, 4.69) is 10.2 Å². The number of aromatic nitrogens is 3. The van der Waals surface area contributed by atoms with Crippen LogP contribution in [0.15, 0.2) is 6.33 Å². The van der Waals surface area contributed by atoms with Crippen LogP contribution in [-0.2, 0) is 16.1 Å². The molecule has 0 atom stereocenters. The van der Waals surface area contributed by atoms with Gasteiger partial charge in [0.1, 0.15) is 12.2 Å². The quantitative estimate of drug-likeness (QED) is 0.830. The van der Waals surface area contributed by atoms with Crippen LogP contribution in [0.4, 0.5) is 0 Å². The van der Waals surface area contributed by atoms with Crippen molar-refractivity contribution in [2.45, 2.75) is 38.1 Å². The lowest BCUT2D eigenvalue weighted by atomic mass is 9.99. The maximum Gasteiger partial charge on any atom is 0.303 e. The molecule has 6 heteroatoms. The fourth-order valence-electron chi connectivity index (χ4n) is 2.11. The Morgan fingerprint density at radius 3 is 3.00 bits per heavy atom. The lowest BCUT2D eigenvalue weighted by Crippen LogP contribution is -2.18. The summed E-state index contributed by atoms with van der Waals surface area (Å²) >= 11 is 0. The highest BCUT2D eigenvalue weighted by Gasteiger charge is 2.20. The van der Waals surface area contributed by atoms with Gasteiger partial charge in [-0.05, 0) is 19.3 Å². The molecule has 0 saturated carbocycles. The van der Waals surface area contributed by atoms with Gasteiger partial charge >= 0.3 is 5.97 Å². The summed E-state index contributed by atoms with van der Waals surface area (Å²) < 4.78 is 7.29. The fraction of sp³-hybridized carbons (Fsp3) is 0.727. The first-order valence-corrected chi connectivity index (χ1v) is 5.94. The van der Waals surface area contributed by atoms with E-state index in [1.807, 2.05) is 4.57 Å². The van der Waals surface area contributed by atoms with Crippen molar-refractivity contribution in [1.82, 2.24) is 14.8 Å². The first-order valence-electron chi connectivity index (χ1n) is 5.94. The molecule has 2 rings (SSSR count). The lowest BCUT2D eigenvalue weighted by molar-refractivity contribution is -0.137. The van der Waals surface area contributed by atoms with Gasteiger partial charge in [-0.15, -0.1) is 10.2 Å². The molecule has 1 aromatic heterocycles. The van der Waals surface area contributed by atoms with Gasteiger partial charge in [-0.1, -0.05) is 0 Å². The molecular formula is C11H17N3O3. The molecule has 1 N–H and O–H groups in total. The van der Waals surface area contributed by atoms with E-state index >= 15 is 0 Å². The third kappa shape index (κ3) is 3.26. The van der Waals surface area contributed by atoms with Crippen molar-refractivity contribution in [3.8, 4) is 0 Å². The van der Waals surface area contributed by atoms with Crippen LogP contribution < -0.4 is 0 Å². The molecule has 1 aliphatic heterocycles. The molecule has 0 bridgehead atoms. The number of nitrogens with zero attached hydrogens (tertiary/aromatic N) is 3. The molecule has 2 heterocycles. The van der Waals surface area contributed by atoms with Gasteiger partial charge < -0.3 is 14.4 Å². The molecule has 0 amide bonds. The van der Waals surface area contributed by atoms with Gasteiger partial charge in [-0.3, -0.25) is 4.79 Å². The predicted molar refractivity (Wildman–Crippen MR) is 59.7 cm³/mol. The summed E-state index contributed by atoms with van der Waals surface area (Å²) in [7, 11) is 0. The van der Waals surface area contributed by atoms with E-state index < -0.39 is 5.97 Å². The van der Waals surface area contributed by atoms with Crippen LogP contribution in [0, 0.1) is 0 Å². The number of rotatable bonds is 5. The van der Waals surface area contributed by atoms with Crippen LogP contribution in [0.1, 0.15) is 37.4 Å². The van der Waals surface area contributed by atoms with Crippen molar-refractivity contribution in [2.75, 3.05) is 13.2 Å². The maximum atomic E-state index is 10.5. The van der Waals surface area contributed by atoms with Crippen molar-refractivity contribution < 1.29 is 14.6 Å². The van der Waals surface area contributed by atoms with Gasteiger partial charge in [-0.2, -0.15) is 0 Å². The molecule has 0 unspecified atom stereocenters. The van der Waals surface area contributed by atoms with E-state index in [0.717, 1.165) is 31.9 Å². The van der Waals surface area contributed by atoms with Gasteiger partial charge in [0.2, 0.25) is 0 Å². The van der Waals surface area contributed by atoms with Gasteiger partial charge in [0, 0.05) is 32.1 Å². The molecule has 1 aromatic rings. The Bertz CT molecular complexity index is 372. The third-order valence-electron chi connectivity index (χ3n) is 3.02. The van der Waals surface area contributed by atoms with Crippen LogP contribution in [0.2, 0.25) is 0 Å². The molecule has 94 valence electrons. The zero-order valence-corrected chi connectivity index (χ0v) is 9.71. The van der Waals surface area contributed by atoms with Crippen LogP contribution in [0.25, 0.3) is 0 Å². The van der Waals surface area contributed by atoms with Crippen LogP contribution in [0.3, 0.4) is 0 Å². The van der Waals surface area contributed by atoms with Gasteiger partial charge in [0.15, 0.2) is 0 Å². The highest BCUT2D eigenvalue weighted by atomic mass is 16.5. The molecule has 0 spiro atoms. The van der Waals surface area contributed by atoms with Gasteiger partial charge in [0.05, 0.1) is 0 Å².